The average molecular weight is 383 g/mol. The average Bonchev–Trinajstić information content (AvgIpc) is 2.54. The van der Waals surface area contributed by atoms with Gasteiger partial charge in [-0.2, -0.15) is 0 Å². The molecule has 0 unspecified atom stereocenters. The number of halogens is 2. The maximum absolute atomic E-state index is 12.2. The summed E-state index contributed by atoms with van der Waals surface area (Å²) in [6.45, 7) is 3.16. The van der Waals surface area contributed by atoms with Gasteiger partial charge in [0.25, 0.3) is 11.5 Å². The van der Waals surface area contributed by atoms with Crippen LogP contribution in [0.25, 0.3) is 0 Å². The van der Waals surface area contributed by atoms with Crippen molar-refractivity contribution in [2.24, 2.45) is 0 Å². The van der Waals surface area contributed by atoms with Gasteiger partial charge in [0.1, 0.15) is 5.56 Å². The minimum absolute atomic E-state index is 0.170. The van der Waals surface area contributed by atoms with E-state index in [2.05, 4.69) is 10.3 Å². The third kappa shape index (κ3) is 4.84. The minimum Gasteiger partial charge on any atom is -0.449 e. The number of carbonyl (C=O) groups excluding carboxylic acids is 2. The summed E-state index contributed by atoms with van der Waals surface area (Å²) in [5.41, 5.74) is -0.0742. The molecule has 0 saturated carbocycles. The number of ether oxygens (including phenoxy) is 1. The van der Waals surface area contributed by atoms with E-state index in [9.17, 15) is 14.4 Å². The molecule has 132 valence electrons. The molecule has 0 radical (unpaired) electrons. The summed E-state index contributed by atoms with van der Waals surface area (Å²) in [6, 6.07) is 7.34. The van der Waals surface area contributed by atoms with E-state index in [1.807, 2.05) is 0 Å². The van der Waals surface area contributed by atoms with E-state index in [1.165, 1.54) is 25.3 Å². The molecule has 0 spiro atoms. The van der Waals surface area contributed by atoms with E-state index in [0.717, 1.165) is 0 Å². The first-order valence-corrected chi connectivity index (χ1v) is 8.19. The first kappa shape index (κ1) is 19.0. The fourth-order valence-electron chi connectivity index (χ4n) is 2.12. The monoisotopic (exact) mass is 382 g/mol. The van der Waals surface area contributed by atoms with E-state index < -0.39 is 29.6 Å². The second kappa shape index (κ2) is 8.18. The Bertz CT molecular complexity index is 851. The van der Waals surface area contributed by atoms with Crippen LogP contribution in [0.2, 0.25) is 10.0 Å². The van der Waals surface area contributed by atoms with Gasteiger partial charge in [-0.15, -0.1) is 0 Å². The molecule has 2 rings (SSSR count). The van der Waals surface area contributed by atoms with E-state index >= 15 is 0 Å². The summed E-state index contributed by atoms with van der Waals surface area (Å²) >= 11 is 12.0. The normalized spacial score (nSPS) is 13.0. The Morgan fingerprint density at radius 2 is 1.92 bits per heavy atom. The van der Waals surface area contributed by atoms with Crippen molar-refractivity contribution in [2.45, 2.75) is 26.0 Å². The molecule has 2 aromatic rings. The topological polar surface area (TPSA) is 88.3 Å². The van der Waals surface area contributed by atoms with Gasteiger partial charge in [0, 0.05) is 16.2 Å². The highest BCUT2D eigenvalue weighted by Crippen LogP contribution is 2.26. The van der Waals surface area contributed by atoms with Crippen LogP contribution in [0.4, 0.5) is 0 Å². The van der Waals surface area contributed by atoms with Crippen molar-refractivity contribution < 1.29 is 14.3 Å². The number of aromatic nitrogens is 1. The molecule has 2 N–H and O–H groups in total. The van der Waals surface area contributed by atoms with Gasteiger partial charge in [0.2, 0.25) is 0 Å². The molecule has 0 aliphatic heterocycles. The van der Waals surface area contributed by atoms with Gasteiger partial charge in [0.15, 0.2) is 6.10 Å². The maximum Gasteiger partial charge on any atom is 0.344 e. The zero-order chi connectivity index (χ0) is 18.6. The molecule has 2 atom stereocenters. The van der Waals surface area contributed by atoms with Gasteiger partial charge in [-0.25, -0.2) is 4.79 Å². The van der Waals surface area contributed by atoms with E-state index in [-0.39, 0.29) is 5.56 Å². The quantitative estimate of drug-likeness (QED) is 0.777. The SMILES string of the molecule is C[C@H](OC(=O)c1ccc[nH]c1=O)C(=O)N[C@@H](C)c1ccc(Cl)cc1Cl. The number of carbonyl (C=O) groups is 2. The number of H-pyrrole nitrogens is 1. The minimum atomic E-state index is -1.08. The Morgan fingerprint density at radius 1 is 1.20 bits per heavy atom. The Morgan fingerprint density at radius 3 is 2.56 bits per heavy atom. The van der Waals surface area contributed by atoms with Gasteiger partial charge >= 0.3 is 5.97 Å². The second-order valence-corrected chi connectivity index (χ2v) is 6.20. The van der Waals surface area contributed by atoms with Crippen molar-refractivity contribution in [3.63, 3.8) is 0 Å². The van der Waals surface area contributed by atoms with Crippen molar-refractivity contribution in [3.05, 3.63) is 68.1 Å². The van der Waals surface area contributed by atoms with Crippen LogP contribution in [0.1, 0.15) is 35.8 Å². The van der Waals surface area contributed by atoms with Crippen LogP contribution in [0.15, 0.2) is 41.3 Å². The number of hydrogen-bond acceptors (Lipinski definition) is 4. The second-order valence-electron chi connectivity index (χ2n) is 5.36. The first-order valence-electron chi connectivity index (χ1n) is 7.43. The van der Waals surface area contributed by atoms with Gasteiger partial charge in [-0.3, -0.25) is 9.59 Å². The number of benzene rings is 1. The standard InChI is InChI=1S/C17H16Cl2N2O4/c1-9(12-6-5-11(18)8-14(12)19)21-15(22)10(2)25-17(24)13-4-3-7-20-16(13)23/h3-10H,1-2H3,(H,20,23)(H,21,22)/t9-,10-/m0/s1. The molecule has 0 aliphatic carbocycles. The number of pyridine rings is 1. The molecule has 0 saturated heterocycles. The van der Waals surface area contributed by atoms with Crippen LogP contribution in [0, 0.1) is 0 Å². The Balaban J connectivity index is 2.01. The lowest BCUT2D eigenvalue weighted by Crippen LogP contribution is -2.38. The molecule has 8 heteroatoms. The van der Waals surface area contributed by atoms with Gasteiger partial charge in [-0.05, 0) is 43.7 Å². The van der Waals surface area contributed by atoms with Gasteiger partial charge in [0.05, 0.1) is 6.04 Å². The van der Waals surface area contributed by atoms with Gasteiger partial charge in [-0.1, -0.05) is 29.3 Å². The summed E-state index contributed by atoms with van der Waals surface area (Å²) < 4.78 is 5.04. The molecular formula is C17H16Cl2N2O4. The van der Waals surface area contributed by atoms with Crippen LogP contribution in [0.3, 0.4) is 0 Å². The fraction of sp³-hybridized carbons (Fsp3) is 0.235. The number of rotatable bonds is 5. The van der Waals surface area contributed by atoms with Crippen molar-refractivity contribution in [3.8, 4) is 0 Å². The van der Waals surface area contributed by atoms with Crippen LogP contribution >= 0.6 is 23.2 Å². The highest BCUT2D eigenvalue weighted by molar-refractivity contribution is 6.35. The third-order valence-corrected chi connectivity index (χ3v) is 4.04. The lowest BCUT2D eigenvalue weighted by molar-refractivity contribution is -0.129. The summed E-state index contributed by atoms with van der Waals surface area (Å²) in [5, 5.41) is 3.60. The maximum atomic E-state index is 12.2. The Hall–Kier alpha value is -2.31. The molecule has 1 aromatic heterocycles. The van der Waals surface area contributed by atoms with Crippen LogP contribution in [0.5, 0.6) is 0 Å². The summed E-state index contributed by atoms with van der Waals surface area (Å²) in [6.07, 6.45) is 0.313. The van der Waals surface area contributed by atoms with Crippen molar-refractivity contribution in [1.29, 1.82) is 0 Å². The molecule has 0 fully saturated rings. The predicted octanol–water partition coefficient (Wildman–Crippen LogP) is 3.10. The lowest BCUT2D eigenvalue weighted by Gasteiger charge is -2.19. The first-order chi connectivity index (χ1) is 11.8. The number of esters is 1. The zero-order valence-corrected chi connectivity index (χ0v) is 15.0. The molecular weight excluding hydrogens is 367 g/mol. The van der Waals surface area contributed by atoms with Crippen molar-refractivity contribution in [1.82, 2.24) is 10.3 Å². The zero-order valence-electron chi connectivity index (χ0n) is 13.5. The molecule has 1 aromatic carbocycles. The summed E-state index contributed by atoms with van der Waals surface area (Å²) in [4.78, 5) is 38.1. The highest BCUT2D eigenvalue weighted by atomic mass is 35.5. The molecule has 1 heterocycles. The van der Waals surface area contributed by atoms with E-state index in [4.69, 9.17) is 27.9 Å². The lowest BCUT2D eigenvalue weighted by atomic mass is 10.1. The molecule has 6 nitrogen and oxygen atoms in total. The molecule has 1 amide bonds. The summed E-state index contributed by atoms with van der Waals surface area (Å²) in [7, 11) is 0. The fourth-order valence-corrected chi connectivity index (χ4v) is 2.69. The number of hydrogen-bond donors (Lipinski definition) is 2. The van der Waals surface area contributed by atoms with Crippen LogP contribution < -0.4 is 10.9 Å². The molecule has 0 aliphatic rings. The number of aromatic amines is 1. The number of nitrogens with one attached hydrogen (secondary N) is 2. The van der Waals surface area contributed by atoms with E-state index in [0.29, 0.717) is 15.6 Å². The largest absolute Gasteiger partial charge is 0.449 e. The Labute approximate surface area is 154 Å². The van der Waals surface area contributed by atoms with E-state index in [1.54, 1.807) is 25.1 Å². The third-order valence-electron chi connectivity index (χ3n) is 3.48. The molecule has 25 heavy (non-hydrogen) atoms. The van der Waals surface area contributed by atoms with Gasteiger partial charge < -0.3 is 15.0 Å². The summed E-state index contributed by atoms with van der Waals surface area (Å²) in [5.74, 6) is -1.39. The number of amides is 1. The van der Waals surface area contributed by atoms with Crippen molar-refractivity contribution in [2.75, 3.05) is 0 Å². The van der Waals surface area contributed by atoms with Crippen LogP contribution in [-0.4, -0.2) is 23.0 Å². The predicted molar refractivity (Wildman–Crippen MR) is 95.0 cm³/mol. The van der Waals surface area contributed by atoms with Crippen LogP contribution in [-0.2, 0) is 9.53 Å². The smallest absolute Gasteiger partial charge is 0.344 e. The molecule has 0 bridgehead atoms. The van der Waals surface area contributed by atoms with Crippen molar-refractivity contribution >= 4 is 35.1 Å². The Kier molecular flexibility index (Phi) is 6.22. The highest BCUT2D eigenvalue weighted by Gasteiger charge is 2.22.